The maximum atomic E-state index is 12.4. The summed E-state index contributed by atoms with van der Waals surface area (Å²) in [6, 6.07) is 0.917. The molecular formula is C14H26N2O. The average molecular weight is 238 g/mol. The van der Waals surface area contributed by atoms with Crippen molar-refractivity contribution in [2.75, 3.05) is 6.54 Å². The van der Waals surface area contributed by atoms with Gasteiger partial charge in [0.2, 0.25) is 5.91 Å². The van der Waals surface area contributed by atoms with Gasteiger partial charge < -0.3 is 10.2 Å². The van der Waals surface area contributed by atoms with E-state index in [1.54, 1.807) is 0 Å². The Labute approximate surface area is 105 Å². The fourth-order valence-corrected chi connectivity index (χ4v) is 3.45. The molecule has 1 heterocycles. The largest absolute Gasteiger partial charge is 0.338 e. The highest BCUT2D eigenvalue weighted by Crippen LogP contribution is 2.41. The minimum atomic E-state index is 0.0615. The van der Waals surface area contributed by atoms with E-state index in [1.807, 2.05) is 0 Å². The first-order valence-corrected chi connectivity index (χ1v) is 6.98. The average Bonchev–Trinajstić information content (AvgIpc) is 2.71. The van der Waals surface area contributed by atoms with E-state index < -0.39 is 0 Å². The van der Waals surface area contributed by atoms with Crippen molar-refractivity contribution in [2.45, 2.75) is 71.5 Å². The van der Waals surface area contributed by atoms with E-state index >= 15 is 0 Å². The van der Waals surface area contributed by atoms with E-state index in [-0.39, 0.29) is 6.04 Å². The number of rotatable bonds is 3. The van der Waals surface area contributed by atoms with Crippen LogP contribution < -0.4 is 5.32 Å². The molecule has 2 unspecified atom stereocenters. The van der Waals surface area contributed by atoms with Crippen LogP contribution in [0.25, 0.3) is 0 Å². The summed E-state index contributed by atoms with van der Waals surface area (Å²) < 4.78 is 0. The van der Waals surface area contributed by atoms with Crippen LogP contribution in [0.1, 0.15) is 53.4 Å². The zero-order valence-electron chi connectivity index (χ0n) is 11.6. The summed E-state index contributed by atoms with van der Waals surface area (Å²) in [7, 11) is 0. The Bertz CT molecular complexity index is 299. The number of nitrogens with zero attached hydrogens (tertiary/aromatic N) is 1. The zero-order chi connectivity index (χ0) is 12.6. The maximum Gasteiger partial charge on any atom is 0.240 e. The normalized spacial score (nSPS) is 32.8. The fraction of sp³-hybridized carbons (Fsp3) is 0.929. The maximum absolute atomic E-state index is 12.4. The van der Waals surface area contributed by atoms with Gasteiger partial charge in [0.15, 0.2) is 0 Å². The molecule has 1 N–H and O–H groups in total. The minimum Gasteiger partial charge on any atom is -0.338 e. The summed E-state index contributed by atoms with van der Waals surface area (Å²) in [5, 5.41) is 3.38. The number of carbonyl (C=O) groups excluding carboxylic acids is 1. The van der Waals surface area contributed by atoms with Gasteiger partial charge in [-0.15, -0.1) is 0 Å². The number of hydrogen-bond acceptors (Lipinski definition) is 2. The third-order valence-electron chi connectivity index (χ3n) is 4.35. The van der Waals surface area contributed by atoms with Gasteiger partial charge in [-0.05, 0) is 24.7 Å². The Kier molecular flexibility index (Phi) is 3.48. The van der Waals surface area contributed by atoms with Gasteiger partial charge in [0, 0.05) is 18.6 Å². The first-order valence-electron chi connectivity index (χ1n) is 6.98. The summed E-state index contributed by atoms with van der Waals surface area (Å²) in [6.07, 6.45) is 4.68. The second-order valence-electron chi connectivity index (χ2n) is 6.59. The predicted molar refractivity (Wildman–Crippen MR) is 69.8 cm³/mol. The third kappa shape index (κ3) is 2.49. The molecule has 17 heavy (non-hydrogen) atoms. The number of nitrogens with one attached hydrogen (secondary N) is 1. The van der Waals surface area contributed by atoms with Gasteiger partial charge in [-0.1, -0.05) is 34.1 Å². The van der Waals surface area contributed by atoms with Crippen molar-refractivity contribution in [3.05, 3.63) is 0 Å². The molecule has 1 aliphatic heterocycles. The van der Waals surface area contributed by atoms with Crippen molar-refractivity contribution in [1.29, 1.82) is 0 Å². The van der Waals surface area contributed by atoms with Crippen molar-refractivity contribution >= 4 is 5.91 Å². The molecule has 1 amide bonds. The lowest BCUT2D eigenvalue weighted by Crippen LogP contribution is -2.47. The Morgan fingerprint density at radius 1 is 1.35 bits per heavy atom. The quantitative estimate of drug-likeness (QED) is 0.817. The highest BCUT2D eigenvalue weighted by molar-refractivity contribution is 5.84. The number of amides is 1. The Hall–Kier alpha value is -0.570. The zero-order valence-corrected chi connectivity index (χ0v) is 11.6. The summed E-state index contributed by atoms with van der Waals surface area (Å²) in [5.74, 6) is 0.332. The van der Waals surface area contributed by atoms with E-state index in [4.69, 9.17) is 0 Å². The van der Waals surface area contributed by atoms with E-state index in [2.05, 4.69) is 37.9 Å². The van der Waals surface area contributed by atoms with Crippen LogP contribution in [0.3, 0.4) is 0 Å². The topological polar surface area (TPSA) is 32.3 Å². The number of carbonyl (C=O) groups is 1. The summed E-state index contributed by atoms with van der Waals surface area (Å²) in [6.45, 7) is 9.77. The van der Waals surface area contributed by atoms with Crippen molar-refractivity contribution in [3.63, 3.8) is 0 Å². The van der Waals surface area contributed by atoms with Crippen LogP contribution in [-0.4, -0.2) is 35.5 Å². The van der Waals surface area contributed by atoms with Crippen LogP contribution in [0.15, 0.2) is 0 Å². The Balaban J connectivity index is 2.02. The van der Waals surface area contributed by atoms with E-state index in [9.17, 15) is 4.79 Å². The smallest absolute Gasteiger partial charge is 0.240 e. The van der Waals surface area contributed by atoms with Gasteiger partial charge in [-0.2, -0.15) is 0 Å². The van der Waals surface area contributed by atoms with Crippen molar-refractivity contribution in [1.82, 2.24) is 10.2 Å². The molecule has 0 bridgehead atoms. The lowest BCUT2D eigenvalue weighted by Gasteiger charge is -2.35. The van der Waals surface area contributed by atoms with Crippen LogP contribution in [0, 0.1) is 5.41 Å². The molecule has 1 aliphatic carbocycles. The molecule has 2 aliphatic rings. The molecule has 0 aromatic heterocycles. The molecule has 98 valence electrons. The van der Waals surface area contributed by atoms with E-state index in [1.165, 1.54) is 19.3 Å². The molecular weight excluding hydrogens is 212 g/mol. The lowest BCUT2D eigenvalue weighted by atomic mass is 9.86. The standard InChI is InChI=1S/C14H26N2O/c1-10(2)15-11-7-9-16(13(11)17)12-6-5-8-14(12,3)4/h10-12,15H,5-9H2,1-4H3. The van der Waals surface area contributed by atoms with Crippen molar-refractivity contribution in [2.24, 2.45) is 5.41 Å². The molecule has 0 spiro atoms. The van der Waals surface area contributed by atoms with Crippen LogP contribution in [0.2, 0.25) is 0 Å². The van der Waals surface area contributed by atoms with Crippen molar-refractivity contribution < 1.29 is 4.79 Å². The molecule has 0 aromatic rings. The highest BCUT2D eigenvalue weighted by Gasteiger charge is 2.44. The van der Waals surface area contributed by atoms with Gasteiger partial charge in [0.1, 0.15) is 0 Å². The van der Waals surface area contributed by atoms with Crippen LogP contribution in [-0.2, 0) is 4.79 Å². The second-order valence-corrected chi connectivity index (χ2v) is 6.59. The monoisotopic (exact) mass is 238 g/mol. The van der Waals surface area contributed by atoms with Crippen molar-refractivity contribution in [3.8, 4) is 0 Å². The SMILES string of the molecule is CC(C)NC1CCN(C2CCCC2(C)C)C1=O. The second kappa shape index (κ2) is 4.60. The van der Waals surface area contributed by atoms with Gasteiger partial charge in [0.05, 0.1) is 6.04 Å². The third-order valence-corrected chi connectivity index (χ3v) is 4.35. The Morgan fingerprint density at radius 2 is 2.06 bits per heavy atom. The van der Waals surface area contributed by atoms with Gasteiger partial charge in [0.25, 0.3) is 0 Å². The summed E-state index contributed by atoms with van der Waals surface area (Å²) >= 11 is 0. The Morgan fingerprint density at radius 3 is 2.59 bits per heavy atom. The van der Waals surface area contributed by atoms with Crippen LogP contribution in [0.5, 0.6) is 0 Å². The first-order chi connectivity index (χ1) is 7.92. The molecule has 2 atom stereocenters. The summed E-state index contributed by atoms with van der Waals surface area (Å²) in [5.41, 5.74) is 0.308. The van der Waals surface area contributed by atoms with E-state index in [0.717, 1.165) is 13.0 Å². The molecule has 0 aromatic carbocycles. The summed E-state index contributed by atoms with van der Waals surface area (Å²) in [4.78, 5) is 14.5. The van der Waals surface area contributed by atoms with Gasteiger partial charge >= 0.3 is 0 Å². The molecule has 2 fully saturated rings. The number of hydrogen-bond donors (Lipinski definition) is 1. The lowest BCUT2D eigenvalue weighted by molar-refractivity contribution is -0.133. The molecule has 3 heteroatoms. The first kappa shape index (κ1) is 12.9. The molecule has 2 rings (SSSR count). The molecule has 0 radical (unpaired) electrons. The molecule has 1 saturated heterocycles. The predicted octanol–water partition coefficient (Wildman–Crippen LogP) is 2.16. The highest BCUT2D eigenvalue weighted by atomic mass is 16.2. The van der Waals surface area contributed by atoms with Gasteiger partial charge in [-0.25, -0.2) is 0 Å². The van der Waals surface area contributed by atoms with E-state index in [0.29, 0.717) is 23.4 Å². The van der Waals surface area contributed by atoms with Crippen LogP contribution >= 0.6 is 0 Å². The van der Waals surface area contributed by atoms with Gasteiger partial charge in [-0.3, -0.25) is 4.79 Å². The number of likely N-dealkylation sites (tertiary alicyclic amines) is 1. The molecule has 1 saturated carbocycles. The minimum absolute atomic E-state index is 0.0615. The van der Waals surface area contributed by atoms with Crippen LogP contribution in [0.4, 0.5) is 0 Å². The fourth-order valence-electron chi connectivity index (χ4n) is 3.45. The molecule has 3 nitrogen and oxygen atoms in total.